The van der Waals surface area contributed by atoms with Crippen LogP contribution in [0.15, 0.2) is 0 Å². The number of hydrogen-bond acceptors (Lipinski definition) is 2. The third kappa shape index (κ3) is 1.96. The summed E-state index contributed by atoms with van der Waals surface area (Å²) in [5.41, 5.74) is 0.766. The van der Waals surface area contributed by atoms with Crippen LogP contribution in [0.2, 0.25) is 0 Å². The first-order chi connectivity index (χ1) is 6.55. The average Bonchev–Trinajstić information content (AvgIpc) is 2.38. The van der Waals surface area contributed by atoms with Crippen molar-refractivity contribution in [3.63, 3.8) is 0 Å². The second-order valence-electron chi connectivity index (χ2n) is 5.97. The first-order valence-corrected chi connectivity index (χ1v) is 5.81. The van der Waals surface area contributed by atoms with Crippen LogP contribution in [0.1, 0.15) is 39.5 Å². The van der Waals surface area contributed by atoms with E-state index < -0.39 is 0 Å². The molecule has 2 rings (SSSR count). The third-order valence-corrected chi connectivity index (χ3v) is 4.06. The van der Waals surface area contributed by atoms with Crippen LogP contribution in [-0.4, -0.2) is 25.8 Å². The minimum absolute atomic E-state index is 0.186. The van der Waals surface area contributed by atoms with Gasteiger partial charge in [0, 0.05) is 20.2 Å². The Hall–Kier alpha value is -0.0800. The van der Waals surface area contributed by atoms with E-state index in [1.165, 1.54) is 25.7 Å². The Labute approximate surface area is 87.4 Å². The molecule has 1 N–H and O–H groups in total. The van der Waals surface area contributed by atoms with Crippen LogP contribution >= 0.6 is 0 Å². The molecule has 2 aliphatic rings. The highest BCUT2D eigenvalue weighted by molar-refractivity contribution is 4.98. The van der Waals surface area contributed by atoms with Gasteiger partial charge in [-0.05, 0) is 37.0 Å². The van der Waals surface area contributed by atoms with E-state index in [0.29, 0.717) is 5.41 Å². The number of hydrogen-bond donors (Lipinski definition) is 1. The van der Waals surface area contributed by atoms with Crippen LogP contribution in [0, 0.1) is 11.3 Å². The maximum atomic E-state index is 5.64. The summed E-state index contributed by atoms with van der Waals surface area (Å²) >= 11 is 0. The fourth-order valence-corrected chi connectivity index (χ4v) is 3.06. The molecule has 2 fully saturated rings. The molecule has 0 aromatic carbocycles. The number of methoxy groups -OCH3 is 1. The SMILES string of the molecule is COC1(CC2CCC(C)(C)C2)CNC1. The molecule has 0 amide bonds. The van der Waals surface area contributed by atoms with Crippen molar-refractivity contribution in [1.82, 2.24) is 5.32 Å². The first kappa shape index (κ1) is 10.4. The first-order valence-electron chi connectivity index (χ1n) is 5.81. The van der Waals surface area contributed by atoms with Crippen LogP contribution < -0.4 is 5.32 Å². The summed E-state index contributed by atoms with van der Waals surface area (Å²) in [6.45, 7) is 6.90. The normalized spacial score (nSPS) is 34.1. The standard InChI is InChI=1S/C12H23NO/c1-11(2)5-4-10(6-11)7-12(14-3)8-13-9-12/h10,13H,4-9H2,1-3H3. The average molecular weight is 197 g/mol. The van der Waals surface area contributed by atoms with Gasteiger partial charge < -0.3 is 10.1 Å². The quantitative estimate of drug-likeness (QED) is 0.749. The fraction of sp³-hybridized carbons (Fsp3) is 1.00. The van der Waals surface area contributed by atoms with Gasteiger partial charge in [0.25, 0.3) is 0 Å². The van der Waals surface area contributed by atoms with Crippen LogP contribution in [0.5, 0.6) is 0 Å². The van der Waals surface area contributed by atoms with Crippen molar-refractivity contribution >= 4 is 0 Å². The van der Waals surface area contributed by atoms with E-state index >= 15 is 0 Å². The minimum Gasteiger partial charge on any atom is -0.376 e. The summed E-state index contributed by atoms with van der Waals surface area (Å²) < 4.78 is 5.64. The van der Waals surface area contributed by atoms with Gasteiger partial charge in [-0.15, -0.1) is 0 Å². The number of nitrogens with one attached hydrogen (secondary N) is 1. The molecule has 0 aromatic heterocycles. The van der Waals surface area contributed by atoms with Crippen molar-refractivity contribution < 1.29 is 4.74 Å². The molecule has 1 unspecified atom stereocenters. The topological polar surface area (TPSA) is 21.3 Å². The van der Waals surface area contributed by atoms with E-state index in [0.717, 1.165) is 19.0 Å². The summed E-state index contributed by atoms with van der Waals surface area (Å²) in [4.78, 5) is 0. The largest absolute Gasteiger partial charge is 0.376 e. The van der Waals surface area contributed by atoms with Crippen molar-refractivity contribution in [3.05, 3.63) is 0 Å². The van der Waals surface area contributed by atoms with Crippen molar-refractivity contribution in [3.8, 4) is 0 Å². The molecule has 82 valence electrons. The summed E-state index contributed by atoms with van der Waals surface area (Å²) in [6, 6.07) is 0. The summed E-state index contributed by atoms with van der Waals surface area (Å²) in [6.07, 6.45) is 5.45. The fourth-order valence-electron chi connectivity index (χ4n) is 3.06. The Bertz CT molecular complexity index is 203. The van der Waals surface area contributed by atoms with Gasteiger partial charge >= 0.3 is 0 Å². The van der Waals surface area contributed by atoms with Gasteiger partial charge in [0.2, 0.25) is 0 Å². The van der Waals surface area contributed by atoms with Crippen LogP contribution in [-0.2, 0) is 4.74 Å². The molecule has 2 heteroatoms. The lowest BCUT2D eigenvalue weighted by molar-refractivity contribution is -0.0677. The summed E-state index contributed by atoms with van der Waals surface area (Å²) in [5.74, 6) is 0.895. The van der Waals surface area contributed by atoms with Crippen molar-refractivity contribution in [2.75, 3.05) is 20.2 Å². The van der Waals surface area contributed by atoms with E-state index in [1.807, 2.05) is 7.11 Å². The smallest absolute Gasteiger partial charge is 0.0928 e. The molecule has 1 atom stereocenters. The molecule has 0 spiro atoms. The molecule has 0 bridgehead atoms. The van der Waals surface area contributed by atoms with Gasteiger partial charge in [0.05, 0.1) is 5.60 Å². The zero-order valence-corrected chi connectivity index (χ0v) is 9.73. The highest BCUT2D eigenvalue weighted by atomic mass is 16.5. The highest BCUT2D eigenvalue weighted by Crippen LogP contribution is 2.44. The lowest BCUT2D eigenvalue weighted by Gasteiger charge is -2.43. The van der Waals surface area contributed by atoms with Gasteiger partial charge in [-0.25, -0.2) is 0 Å². The summed E-state index contributed by atoms with van der Waals surface area (Å²) in [7, 11) is 1.86. The molecule has 1 saturated heterocycles. The van der Waals surface area contributed by atoms with E-state index in [9.17, 15) is 0 Å². The Morgan fingerprint density at radius 2 is 2.07 bits per heavy atom. The lowest BCUT2D eigenvalue weighted by Crippen LogP contribution is -2.61. The highest BCUT2D eigenvalue weighted by Gasteiger charge is 2.42. The Kier molecular flexibility index (Phi) is 2.61. The molecule has 1 saturated carbocycles. The van der Waals surface area contributed by atoms with Crippen molar-refractivity contribution in [2.24, 2.45) is 11.3 Å². The number of ether oxygens (including phenoxy) is 1. The van der Waals surface area contributed by atoms with Crippen LogP contribution in [0.25, 0.3) is 0 Å². The van der Waals surface area contributed by atoms with Crippen molar-refractivity contribution in [1.29, 1.82) is 0 Å². The number of rotatable bonds is 3. The van der Waals surface area contributed by atoms with Gasteiger partial charge in [0.1, 0.15) is 0 Å². The van der Waals surface area contributed by atoms with E-state index in [4.69, 9.17) is 4.74 Å². The molecular weight excluding hydrogens is 174 g/mol. The molecule has 1 aliphatic heterocycles. The minimum atomic E-state index is 0.186. The van der Waals surface area contributed by atoms with Gasteiger partial charge in [-0.2, -0.15) is 0 Å². The monoisotopic (exact) mass is 197 g/mol. The van der Waals surface area contributed by atoms with Crippen LogP contribution in [0.3, 0.4) is 0 Å². The van der Waals surface area contributed by atoms with Gasteiger partial charge in [-0.1, -0.05) is 13.8 Å². The molecule has 14 heavy (non-hydrogen) atoms. The van der Waals surface area contributed by atoms with Gasteiger partial charge in [-0.3, -0.25) is 0 Å². The predicted molar refractivity (Wildman–Crippen MR) is 58.3 cm³/mol. The molecule has 1 heterocycles. The molecule has 2 nitrogen and oxygen atoms in total. The van der Waals surface area contributed by atoms with E-state index in [1.54, 1.807) is 0 Å². The zero-order chi connectivity index (χ0) is 10.2. The van der Waals surface area contributed by atoms with E-state index in [-0.39, 0.29) is 5.60 Å². The Morgan fingerprint density at radius 3 is 2.43 bits per heavy atom. The van der Waals surface area contributed by atoms with Crippen molar-refractivity contribution in [2.45, 2.75) is 45.1 Å². The Morgan fingerprint density at radius 1 is 1.36 bits per heavy atom. The van der Waals surface area contributed by atoms with E-state index in [2.05, 4.69) is 19.2 Å². The maximum Gasteiger partial charge on any atom is 0.0928 e. The predicted octanol–water partition coefficient (Wildman–Crippen LogP) is 2.19. The Balaban J connectivity index is 1.86. The summed E-state index contributed by atoms with van der Waals surface area (Å²) in [5, 5.41) is 3.32. The zero-order valence-electron chi connectivity index (χ0n) is 9.73. The third-order valence-electron chi connectivity index (χ3n) is 4.06. The molecule has 0 aromatic rings. The second-order valence-corrected chi connectivity index (χ2v) is 5.97. The lowest BCUT2D eigenvalue weighted by atomic mass is 9.82. The maximum absolute atomic E-state index is 5.64. The van der Waals surface area contributed by atoms with Gasteiger partial charge in [0.15, 0.2) is 0 Å². The molecule has 0 radical (unpaired) electrons. The molecular formula is C12H23NO. The molecule has 1 aliphatic carbocycles. The van der Waals surface area contributed by atoms with Crippen LogP contribution in [0.4, 0.5) is 0 Å². The second kappa shape index (κ2) is 3.49.